The average Bonchev–Trinajstić information content (AvgIpc) is 2.74. The summed E-state index contributed by atoms with van der Waals surface area (Å²) in [6, 6.07) is 21.0. The molecule has 3 aromatic carbocycles. The molecule has 0 aliphatic heterocycles. The van der Waals surface area contributed by atoms with Crippen molar-refractivity contribution in [2.24, 2.45) is 4.99 Å². The zero-order chi connectivity index (χ0) is 20.6. The zero-order valence-corrected chi connectivity index (χ0v) is 17.2. The highest BCUT2D eigenvalue weighted by Crippen LogP contribution is 2.20. The minimum atomic E-state index is -0.250. The molecule has 3 aromatic rings. The number of carbonyl (C=O) groups is 1. The fourth-order valence-corrected chi connectivity index (χ4v) is 2.85. The van der Waals surface area contributed by atoms with Crippen LogP contribution in [-0.4, -0.2) is 18.7 Å². The Morgan fingerprint density at radius 3 is 2.62 bits per heavy atom. The molecule has 148 valence electrons. The number of hydrogen-bond acceptors (Lipinski definition) is 3. The van der Waals surface area contributed by atoms with E-state index in [1.807, 2.05) is 55.5 Å². The van der Waals surface area contributed by atoms with Crippen LogP contribution in [-0.2, 0) is 11.2 Å². The molecule has 0 saturated heterocycles. The standard InChI is InChI=1S/C24H23ClN2O2/c1-3-18-8-11-20(12-9-18)26-15-19-5-4-6-22(13-19)29-16-24(28)27-21-10-7-17(2)23(25)14-21/h4-15H,3,16H2,1-2H3,(H,27,28). The smallest absolute Gasteiger partial charge is 0.262 e. The SMILES string of the molecule is CCc1ccc(N=Cc2cccc(OCC(=O)Nc3ccc(C)c(Cl)c3)c2)cc1. The molecule has 29 heavy (non-hydrogen) atoms. The molecule has 0 aromatic heterocycles. The Kier molecular flexibility index (Phi) is 7.04. The fourth-order valence-electron chi connectivity index (χ4n) is 2.67. The first-order chi connectivity index (χ1) is 14.0. The van der Waals surface area contributed by atoms with E-state index in [4.69, 9.17) is 16.3 Å². The maximum atomic E-state index is 12.1. The maximum Gasteiger partial charge on any atom is 0.262 e. The first kappa shape index (κ1) is 20.6. The van der Waals surface area contributed by atoms with Crippen LogP contribution in [0.5, 0.6) is 5.75 Å². The summed E-state index contributed by atoms with van der Waals surface area (Å²) >= 11 is 6.08. The number of amides is 1. The van der Waals surface area contributed by atoms with Crippen molar-refractivity contribution in [3.05, 3.63) is 88.4 Å². The molecule has 0 unspecified atom stereocenters. The number of aliphatic imine (C=N–C) groups is 1. The van der Waals surface area contributed by atoms with E-state index >= 15 is 0 Å². The lowest BCUT2D eigenvalue weighted by molar-refractivity contribution is -0.118. The molecule has 0 bridgehead atoms. The van der Waals surface area contributed by atoms with Gasteiger partial charge in [0.05, 0.1) is 5.69 Å². The monoisotopic (exact) mass is 406 g/mol. The predicted octanol–water partition coefficient (Wildman–Crippen LogP) is 5.98. The molecule has 0 heterocycles. The number of rotatable bonds is 7. The van der Waals surface area contributed by atoms with E-state index in [-0.39, 0.29) is 12.5 Å². The van der Waals surface area contributed by atoms with Crippen molar-refractivity contribution in [3.8, 4) is 5.75 Å². The maximum absolute atomic E-state index is 12.1. The van der Waals surface area contributed by atoms with Crippen LogP contribution < -0.4 is 10.1 Å². The molecule has 0 atom stereocenters. The second kappa shape index (κ2) is 9.89. The van der Waals surface area contributed by atoms with Gasteiger partial charge in [0.15, 0.2) is 6.61 Å². The number of anilines is 1. The van der Waals surface area contributed by atoms with Crippen LogP contribution in [0.25, 0.3) is 0 Å². The van der Waals surface area contributed by atoms with Crippen LogP contribution in [0.4, 0.5) is 11.4 Å². The Bertz CT molecular complexity index is 1010. The van der Waals surface area contributed by atoms with Crippen LogP contribution in [0.2, 0.25) is 5.02 Å². The van der Waals surface area contributed by atoms with E-state index in [0.29, 0.717) is 16.5 Å². The molecule has 0 aliphatic carbocycles. The van der Waals surface area contributed by atoms with E-state index < -0.39 is 0 Å². The summed E-state index contributed by atoms with van der Waals surface area (Å²) in [5.41, 5.74) is 4.67. The predicted molar refractivity (Wildman–Crippen MR) is 120 cm³/mol. The number of nitrogens with zero attached hydrogens (tertiary/aromatic N) is 1. The van der Waals surface area contributed by atoms with E-state index in [2.05, 4.69) is 29.4 Å². The lowest BCUT2D eigenvalue weighted by Crippen LogP contribution is -2.20. The van der Waals surface area contributed by atoms with Crippen molar-refractivity contribution in [2.45, 2.75) is 20.3 Å². The van der Waals surface area contributed by atoms with Gasteiger partial charge in [-0.2, -0.15) is 0 Å². The van der Waals surface area contributed by atoms with Crippen molar-refractivity contribution < 1.29 is 9.53 Å². The molecule has 1 N–H and O–H groups in total. The zero-order valence-electron chi connectivity index (χ0n) is 16.5. The topological polar surface area (TPSA) is 50.7 Å². The quantitative estimate of drug-likeness (QED) is 0.491. The van der Waals surface area contributed by atoms with Gasteiger partial charge in [-0.3, -0.25) is 9.79 Å². The van der Waals surface area contributed by atoms with Crippen molar-refractivity contribution in [1.29, 1.82) is 0 Å². The van der Waals surface area contributed by atoms with Gasteiger partial charge in [-0.25, -0.2) is 0 Å². The van der Waals surface area contributed by atoms with Gasteiger partial charge in [0.1, 0.15) is 5.75 Å². The summed E-state index contributed by atoms with van der Waals surface area (Å²) in [4.78, 5) is 16.6. The summed E-state index contributed by atoms with van der Waals surface area (Å²) in [5, 5.41) is 3.39. The third-order valence-corrected chi connectivity index (χ3v) is 4.80. The lowest BCUT2D eigenvalue weighted by atomic mass is 10.1. The van der Waals surface area contributed by atoms with E-state index in [9.17, 15) is 4.79 Å². The summed E-state index contributed by atoms with van der Waals surface area (Å²) in [7, 11) is 0. The van der Waals surface area contributed by atoms with Gasteiger partial charge in [0.25, 0.3) is 5.91 Å². The van der Waals surface area contributed by atoms with Gasteiger partial charge in [0, 0.05) is 16.9 Å². The number of benzene rings is 3. The van der Waals surface area contributed by atoms with Gasteiger partial charge in [-0.05, 0) is 66.4 Å². The van der Waals surface area contributed by atoms with E-state index in [0.717, 1.165) is 23.2 Å². The molecular formula is C24H23ClN2O2. The van der Waals surface area contributed by atoms with Crippen molar-refractivity contribution >= 4 is 35.1 Å². The third-order valence-electron chi connectivity index (χ3n) is 4.39. The molecule has 0 fully saturated rings. The summed E-state index contributed by atoms with van der Waals surface area (Å²) < 4.78 is 5.61. The van der Waals surface area contributed by atoms with Gasteiger partial charge < -0.3 is 10.1 Å². The fraction of sp³-hybridized carbons (Fsp3) is 0.167. The average molecular weight is 407 g/mol. The summed E-state index contributed by atoms with van der Waals surface area (Å²) in [6.45, 7) is 3.94. The molecule has 0 spiro atoms. The van der Waals surface area contributed by atoms with Crippen LogP contribution in [0.3, 0.4) is 0 Å². The van der Waals surface area contributed by atoms with Crippen molar-refractivity contribution in [1.82, 2.24) is 0 Å². The molecule has 0 saturated carbocycles. The normalized spacial score (nSPS) is 10.9. The first-order valence-electron chi connectivity index (χ1n) is 9.45. The van der Waals surface area contributed by atoms with Crippen LogP contribution in [0.15, 0.2) is 71.7 Å². The number of ether oxygens (including phenoxy) is 1. The molecular weight excluding hydrogens is 384 g/mol. The van der Waals surface area contributed by atoms with Gasteiger partial charge in [-0.1, -0.05) is 48.9 Å². The van der Waals surface area contributed by atoms with Gasteiger partial charge >= 0.3 is 0 Å². The summed E-state index contributed by atoms with van der Waals surface area (Å²) in [5.74, 6) is 0.354. The van der Waals surface area contributed by atoms with Crippen LogP contribution in [0.1, 0.15) is 23.6 Å². The number of carbonyl (C=O) groups excluding carboxylic acids is 1. The second-order valence-corrected chi connectivity index (χ2v) is 7.06. The Morgan fingerprint density at radius 1 is 1.10 bits per heavy atom. The first-order valence-corrected chi connectivity index (χ1v) is 9.83. The highest BCUT2D eigenvalue weighted by molar-refractivity contribution is 6.31. The number of nitrogens with one attached hydrogen (secondary N) is 1. The van der Waals surface area contributed by atoms with Crippen molar-refractivity contribution in [3.63, 3.8) is 0 Å². The molecule has 5 heteroatoms. The lowest BCUT2D eigenvalue weighted by Gasteiger charge is -2.09. The van der Waals surface area contributed by atoms with E-state index in [1.165, 1.54) is 5.56 Å². The second-order valence-electron chi connectivity index (χ2n) is 6.65. The minimum absolute atomic E-state index is 0.0927. The minimum Gasteiger partial charge on any atom is -0.484 e. The summed E-state index contributed by atoms with van der Waals surface area (Å²) in [6.07, 6.45) is 2.79. The highest BCUT2D eigenvalue weighted by Gasteiger charge is 2.05. The van der Waals surface area contributed by atoms with Crippen molar-refractivity contribution in [2.75, 3.05) is 11.9 Å². The van der Waals surface area contributed by atoms with Gasteiger partial charge in [-0.15, -0.1) is 0 Å². The molecule has 4 nitrogen and oxygen atoms in total. The Morgan fingerprint density at radius 2 is 1.90 bits per heavy atom. The largest absolute Gasteiger partial charge is 0.484 e. The molecule has 3 rings (SSSR count). The Hall–Kier alpha value is -3.11. The Labute approximate surface area is 176 Å². The van der Waals surface area contributed by atoms with Crippen LogP contribution >= 0.6 is 11.6 Å². The molecule has 0 aliphatic rings. The third kappa shape index (κ3) is 6.19. The van der Waals surface area contributed by atoms with Crippen LogP contribution in [0, 0.1) is 6.92 Å². The number of hydrogen-bond donors (Lipinski definition) is 1. The number of halogens is 1. The molecule has 0 radical (unpaired) electrons. The van der Waals surface area contributed by atoms with E-state index in [1.54, 1.807) is 12.3 Å². The highest BCUT2D eigenvalue weighted by atomic mass is 35.5. The number of aryl methyl sites for hydroxylation is 2. The Balaban J connectivity index is 1.56. The van der Waals surface area contributed by atoms with Gasteiger partial charge in [0.2, 0.25) is 0 Å². The molecule has 1 amide bonds.